The fourth-order valence-corrected chi connectivity index (χ4v) is 3.50. The Morgan fingerprint density at radius 2 is 2.26 bits per heavy atom. The smallest absolute Gasteiger partial charge is 0.310 e. The first-order chi connectivity index (χ1) is 9.16. The minimum absolute atomic E-state index is 0.0923. The molecule has 19 heavy (non-hydrogen) atoms. The highest BCUT2D eigenvalue weighted by Gasteiger charge is 2.40. The summed E-state index contributed by atoms with van der Waals surface area (Å²) in [6, 6.07) is 1.98. The molecule has 2 fully saturated rings. The third-order valence-corrected chi connectivity index (χ3v) is 4.47. The summed E-state index contributed by atoms with van der Waals surface area (Å²) in [5, 5.41) is 11.1. The van der Waals surface area contributed by atoms with Crippen LogP contribution in [0.2, 0.25) is 0 Å². The van der Waals surface area contributed by atoms with Crippen LogP contribution in [0, 0.1) is 22.0 Å². The van der Waals surface area contributed by atoms with Crippen LogP contribution in [-0.2, 0) is 0 Å². The summed E-state index contributed by atoms with van der Waals surface area (Å²) in [4.78, 5) is 16.7. The molecule has 3 unspecified atom stereocenters. The van der Waals surface area contributed by atoms with Crippen molar-refractivity contribution in [3.05, 3.63) is 28.6 Å². The summed E-state index contributed by atoms with van der Waals surface area (Å²) in [7, 11) is 0. The number of pyridine rings is 1. The van der Waals surface area contributed by atoms with Crippen LogP contribution in [0.25, 0.3) is 0 Å². The minimum Gasteiger partial charge on any atom is -0.365 e. The Bertz CT molecular complexity index is 493. The van der Waals surface area contributed by atoms with Crippen molar-refractivity contribution in [2.75, 3.05) is 18.0 Å². The van der Waals surface area contributed by atoms with Crippen LogP contribution in [0.15, 0.2) is 18.5 Å². The van der Waals surface area contributed by atoms with Gasteiger partial charge in [0.1, 0.15) is 11.9 Å². The molecule has 6 nitrogen and oxygen atoms in total. The van der Waals surface area contributed by atoms with E-state index in [0.717, 1.165) is 19.5 Å². The first-order valence-electron chi connectivity index (χ1n) is 6.75. The summed E-state index contributed by atoms with van der Waals surface area (Å²) < 4.78 is 0. The molecule has 0 bridgehead atoms. The number of rotatable bonds is 2. The van der Waals surface area contributed by atoms with Crippen molar-refractivity contribution >= 4 is 11.4 Å². The zero-order valence-electron chi connectivity index (χ0n) is 10.7. The summed E-state index contributed by atoms with van der Waals surface area (Å²) in [6.45, 7) is 1.71. The van der Waals surface area contributed by atoms with E-state index in [-0.39, 0.29) is 16.7 Å². The molecule has 0 spiro atoms. The molecular formula is C13H18N4O2. The van der Waals surface area contributed by atoms with Crippen molar-refractivity contribution in [2.45, 2.75) is 25.3 Å². The molecule has 0 amide bonds. The van der Waals surface area contributed by atoms with Crippen LogP contribution >= 0.6 is 0 Å². The Morgan fingerprint density at radius 3 is 3.00 bits per heavy atom. The number of nitro groups is 1. The van der Waals surface area contributed by atoms with Gasteiger partial charge in [0, 0.05) is 25.3 Å². The number of hydrogen-bond donors (Lipinski definition) is 1. The van der Waals surface area contributed by atoms with Gasteiger partial charge >= 0.3 is 5.69 Å². The van der Waals surface area contributed by atoms with Gasteiger partial charge in [-0.2, -0.15) is 0 Å². The first-order valence-corrected chi connectivity index (χ1v) is 6.75. The van der Waals surface area contributed by atoms with Crippen LogP contribution in [0.4, 0.5) is 11.4 Å². The van der Waals surface area contributed by atoms with E-state index in [1.807, 2.05) is 0 Å². The van der Waals surface area contributed by atoms with E-state index in [1.165, 1.54) is 19.0 Å². The molecule has 2 N–H and O–H groups in total. The van der Waals surface area contributed by atoms with E-state index in [1.54, 1.807) is 12.3 Å². The average molecular weight is 262 g/mol. The van der Waals surface area contributed by atoms with E-state index in [9.17, 15) is 10.1 Å². The van der Waals surface area contributed by atoms with Crippen molar-refractivity contribution in [1.29, 1.82) is 0 Å². The molecule has 1 aliphatic carbocycles. The van der Waals surface area contributed by atoms with Gasteiger partial charge in [-0.25, -0.2) is 0 Å². The fourth-order valence-electron chi connectivity index (χ4n) is 3.50. The molecule has 6 heteroatoms. The van der Waals surface area contributed by atoms with E-state index in [2.05, 4.69) is 9.88 Å². The molecule has 1 aromatic rings. The molecule has 2 heterocycles. The third kappa shape index (κ3) is 2.16. The molecular weight excluding hydrogens is 244 g/mol. The van der Waals surface area contributed by atoms with E-state index < -0.39 is 0 Å². The normalized spacial score (nSPS) is 30.2. The zero-order valence-corrected chi connectivity index (χ0v) is 10.7. The molecule has 0 aromatic carbocycles. The highest BCUT2D eigenvalue weighted by Crippen LogP contribution is 2.39. The molecule has 1 saturated heterocycles. The SMILES string of the molecule is NC1CCCC2CN(c3ccncc3[N+](=O)[O-])CC12. The Morgan fingerprint density at radius 1 is 1.42 bits per heavy atom. The second-order valence-corrected chi connectivity index (χ2v) is 5.55. The lowest BCUT2D eigenvalue weighted by Gasteiger charge is -2.29. The highest BCUT2D eigenvalue weighted by molar-refractivity contribution is 5.62. The Kier molecular flexibility index (Phi) is 3.10. The van der Waals surface area contributed by atoms with E-state index in [4.69, 9.17) is 5.73 Å². The molecule has 1 aliphatic heterocycles. The molecule has 3 atom stereocenters. The summed E-state index contributed by atoms with van der Waals surface area (Å²) in [5.74, 6) is 1.05. The molecule has 1 saturated carbocycles. The Balaban J connectivity index is 1.86. The summed E-state index contributed by atoms with van der Waals surface area (Å²) >= 11 is 0. The van der Waals surface area contributed by atoms with Gasteiger partial charge in [-0.1, -0.05) is 6.42 Å². The lowest BCUT2D eigenvalue weighted by atomic mass is 9.78. The predicted molar refractivity (Wildman–Crippen MR) is 71.9 cm³/mol. The van der Waals surface area contributed by atoms with Crippen molar-refractivity contribution in [1.82, 2.24) is 4.98 Å². The van der Waals surface area contributed by atoms with Crippen LogP contribution < -0.4 is 10.6 Å². The molecule has 2 aliphatic rings. The number of anilines is 1. The van der Waals surface area contributed by atoms with Crippen molar-refractivity contribution in [3.63, 3.8) is 0 Å². The predicted octanol–water partition coefficient (Wildman–Crippen LogP) is 1.55. The van der Waals surface area contributed by atoms with Gasteiger partial charge in [0.25, 0.3) is 0 Å². The first kappa shape index (κ1) is 12.3. The summed E-state index contributed by atoms with van der Waals surface area (Å²) in [6.07, 6.45) is 6.39. The average Bonchev–Trinajstić information content (AvgIpc) is 2.84. The Labute approximate surface area is 111 Å². The van der Waals surface area contributed by atoms with Gasteiger partial charge in [0.05, 0.1) is 4.92 Å². The van der Waals surface area contributed by atoms with Crippen molar-refractivity contribution < 1.29 is 4.92 Å². The van der Waals surface area contributed by atoms with E-state index in [0.29, 0.717) is 17.5 Å². The number of nitrogens with two attached hydrogens (primary N) is 1. The largest absolute Gasteiger partial charge is 0.365 e. The van der Waals surface area contributed by atoms with Gasteiger partial charge in [0.2, 0.25) is 0 Å². The van der Waals surface area contributed by atoms with Crippen LogP contribution in [0.5, 0.6) is 0 Å². The molecule has 102 valence electrons. The van der Waals surface area contributed by atoms with Crippen LogP contribution in [0.3, 0.4) is 0 Å². The lowest BCUT2D eigenvalue weighted by molar-refractivity contribution is -0.384. The van der Waals surface area contributed by atoms with Gasteiger partial charge in [-0.15, -0.1) is 0 Å². The zero-order chi connectivity index (χ0) is 13.4. The lowest BCUT2D eigenvalue weighted by Crippen LogP contribution is -2.38. The van der Waals surface area contributed by atoms with E-state index >= 15 is 0 Å². The minimum atomic E-state index is -0.357. The van der Waals surface area contributed by atoms with Crippen molar-refractivity contribution in [3.8, 4) is 0 Å². The van der Waals surface area contributed by atoms with Gasteiger partial charge in [0.15, 0.2) is 0 Å². The molecule has 1 aromatic heterocycles. The number of aromatic nitrogens is 1. The third-order valence-electron chi connectivity index (χ3n) is 4.47. The van der Waals surface area contributed by atoms with Gasteiger partial charge in [-0.3, -0.25) is 15.1 Å². The maximum absolute atomic E-state index is 11.1. The fraction of sp³-hybridized carbons (Fsp3) is 0.615. The van der Waals surface area contributed by atoms with Gasteiger partial charge in [-0.05, 0) is 30.7 Å². The van der Waals surface area contributed by atoms with Crippen LogP contribution in [0.1, 0.15) is 19.3 Å². The van der Waals surface area contributed by atoms with Gasteiger partial charge < -0.3 is 10.6 Å². The summed E-state index contributed by atoms with van der Waals surface area (Å²) in [5.41, 5.74) is 6.96. The number of fused-ring (bicyclic) bond motifs is 1. The number of hydrogen-bond acceptors (Lipinski definition) is 5. The quantitative estimate of drug-likeness (QED) is 0.645. The van der Waals surface area contributed by atoms with Crippen molar-refractivity contribution in [2.24, 2.45) is 17.6 Å². The number of nitrogens with zero attached hydrogens (tertiary/aromatic N) is 3. The monoisotopic (exact) mass is 262 g/mol. The topological polar surface area (TPSA) is 85.3 Å². The second kappa shape index (κ2) is 4.77. The molecule has 0 radical (unpaired) electrons. The highest BCUT2D eigenvalue weighted by atomic mass is 16.6. The maximum Gasteiger partial charge on any atom is 0.310 e. The maximum atomic E-state index is 11.1. The molecule has 3 rings (SSSR count). The standard InChI is InChI=1S/C13H18N4O2/c14-11-3-1-2-9-7-16(8-10(9)11)12-4-5-15-6-13(12)17(18)19/h4-6,9-11H,1-3,7-8,14H2. The Hall–Kier alpha value is -1.69. The van der Waals surface area contributed by atoms with Crippen LogP contribution in [-0.4, -0.2) is 29.0 Å². The second-order valence-electron chi connectivity index (χ2n) is 5.55.